The molecule has 0 amide bonds. The van der Waals surface area contributed by atoms with E-state index in [2.05, 4.69) is 14.9 Å². The van der Waals surface area contributed by atoms with Gasteiger partial charge in [0, 0.05) is 24.6 Å². The molecule has 2 unspecified atom stereocenters. The molecular weight excluding hydrogens is 268 g/mol. The first-order valence-corrected chi connectivity index (χ1v) is 7.73. The number of piperidine rings is 1. The second kappa shape index (κ2) is 5.87. The number of nitrogens with two attached hydrogens (primary N) is 1. The maximum Gasteiger partial charge on any atom is 0.144 e. The smallest absolute Gasteiger partial charge is 0.144 e. The second-order valence-electron chi connectivity index (χ2n) is 6.10. The Kier molecular flexibility index (Phi) is 4.10. The van der Waals surface area contributed by atoms with Gasteiger partial charge in [0.2, 0.25) is 0 Å². The van der Waals surface area contributed by atoms with E-state index < -0.39 is 0 Å². The summed E-state index contributed by atoms with van der Waals surface area (Å²) < 4.78 is 5.79. The van der Waals surface area contributed by atoms with Gasteiger partial charge in [-0.05, 0) is 38.9 Å². The average Bonchev–Trinajstić information content (AvgIpc) is 2.48. The lowest BCUT2D eigenvalue weighted by Gasteiger charge is -2.56. The molecule has 1 aliphatic carbocycles. The van der Waals surface area contributed by atoms with Crippen LogP contribution in [0.15, 0.2) is 12.3 Å². The summed E-state index contributed by atoms with van der Waals surface area (Å²) in [6.45, 7) is 5.35. The molecule has 1 aliphatic heterocycles. The highest BCUT2D eigenvalue weighted by atomic mass is 16.5. The predicted octanol–water partition coefficient (Wildman–Crippen LogP) is 0.811. The van der Waals surface area contributed by atoms with Crippen LogP contribution in [0.3, 0.4) is 0 Å². The van der Waals surface area contributed by atoms with Crippen molar-refractivity contribution >= 4 is 5.82 Å². The summed E-state index contributed by atoms with van der Waals surface area (Å²) in [5, 5.41) is 10.2. The normalized spacial score (nSPS) is 28.5. The lowest BCUT2D eigenvalue weighted by Crippen LogP contribution is -2.62. The van der Waals surface area contributed by atoms with Crippen LogP contribution in [0.4, 0.5) is 5.82 Å². The SMILES string of the molecule is CCOC1CC(O)C12CCN(Cc1nccc(N)n1)CC2. The van der Waals surface area contributed by atoms with E-state index in [-0.39, 0.29) is 17.6 Å². The fourth-order valence-corrected chi connectivity index (χ4v) is 3.64. The molecule has 2 atom stereocenters. The zero-order valence-electron chi connectivity index (χ0n) is 12.5. The molecule has 1 saturated carbocycles. The minimum Gasteiger partial charge on any atom is -0.392 e. The zero-order chi connectivity index (χ0) is 14.9. The minimum atomic E-state index is -0.209. The van der Waals surface area contributed by atoms with Gasteiger partial charge in [-0.2, -0.15) is 0 Å². The number of hydrogen-bond donors (Lipinski definition) is 2. The standard InChI is InChI=1S/C15H24N4O2/c1-2-21-12-9-11(20)15(12)4-7-19(8-5-15)10-14-17-6-3-13(16)18-14/h3,6,11-12,20H,2,4-5,7-10H2,1H3,(H2,16,17,18). The quantitative estimate of drug-likeness (QED) is 0.854. The van der Waals surface area contributed by atoms with Crippen molar-refractivity contribution in [2.45, 2.75) is 44.9 Å². The zero-order valence-corrected chi connectivity index (χ0v) is 12.5. The Hall–Kier alpha value is -1.24. The number of rotatable bonds is 4. The number of nitrogens with zero attached hydrogens (tertiary/aromatic N) is 3. The molecule has 2 fully saturated rings. The summed E-state index contributed by atoms with van der Waals surface area (Å²) in [5.74, 6) is 1.28. The van der Waals surface area contributed by atoms with Gasteiger partial charge in [0.25, 0.3) is 0 Å². The van der Waals surface area contributed by atoms with Crippen LogP contribution in [-0.2, 0) is 11.3 Å². The first-order valence-electron chi connectivity index (χ1n) is 7.73. The van der Waals surface area contributed by atoms with Crippen molar-refractivity contribution in [3.63, 3.8) is 0 Å². The molecule has 2 heterocycles. The molecule has 0 aromatic carbocycles. The summed E-state index contributed by atoms with van der Waals surface area (Å²) in [6.07, 6.45) is 4.45. The number of anilines is 1. The van der Waals surface area contributed by atoms with Gasteiger partial charge in [-0.3, -0.25) is 4.90 Å². The van der Waals surface area contributed by atoms with E-state index in [1.165, 1.54) is 0 Å². The molecule has 2 aliphatic rings. The summed E-state index contributed by atoms with van der Waals surface area (Å²) in [6, 6.07) is 1.70. The van der Waals surface area contributed by atoms with Gasteiger partial charge >= 0.3 is 0 Å². The van der Waals surface area contributed by atoms with Gasteiger partial charge in [-0.15, -0.1) is 0 Å². The van der Waals surface area contributed by atoms with Crippen LogP contribution in [0.2, 0.25) is 0 Å². The minimum absolute atomic E-state index is 0.0247. The number of hydrogen-bond acceptors (Lipinski definition) is 6. The van der Waals surface area contributed by atoms with Crippen molar-refractivity contribution in [3.8, 4) is 0 Å². The molecule has 116 valence electrons. The first kappa shape index (κ1) is 14.7. The van der Waals surface area contributed by atoms with Crippen LogP contribution in [-0.4, -0.2) is 51.9 Å². The van der Waals surface area contributed by atoms with Crippen molar-refractivity contribution in [2.24, 2.45) is 5.41 Å². The van der Waals surface area contributed by atoms with E-state index in [9.17, 15) is 5.11 Å². The lowest BCUT2D eigenvalue weighted by molar-refractivity contribution is -0.210. The third-order valence-electron chi connectivity index (χ3n) is 4.99. The summed E-state index contributed by atoms with van der Waals surface area (Å²) >= 11 is 0. The van der Waals surface area contributed by atoms with Gasteiger partial charge in [-0.25, -0.2) is 9.97 Å². The molecule has 0 radical (unpaired) electrons. The molecule has 1 aromatic heterocycles. The Morgan fingerprint density at radius 1 is 1.48 bits per heavy atom. The van der Waals surface area contributed by atoms with E-state index in [1.807, 2.05) is 6.92 Å². The second-order valence-corrected chi connectivity index (χ2v) is 6.10. The van der Waals surface area contributed by atoms with Crippen molar-refractivity contribution in [1.29, 1.82) is 0 Å². The molecule has 6 nitrogen and oxygen atoms in total. The topological polar surface area (TPSA) is 84.5 Å². The Bertz CT molecular complexity index is 486. The number of aliphatic hydroxyl groups excluding tert-OH is 1. The van der Waals surface area contributed by atoms with Gasteiger partial charge in [-0.1, -0.05) is 0 Å². The summed E-state index contributed by atoms with van der Waals surface area (Å²) in [5.41, 5.74) is 5.66. The van der Waals surface area contributed by atoms with E-state index in [4.69, 9.17) is 10.5 Å². The van der Waals surface area contributed by atoms with Gasteiger partial charge in [0.05, 0.1) is 18.8 Å². The monoisotopic (exact) mass is 292 g/mol. The van der Waals surface area contributed by atoms with E-state index >= 15 is 0 Å². The Morgan fingerprint density at radius 2 is 2.24 bits per heavy atom. The maximum atomic E-state index is 10.2. The highest BCUT2D eigenvalue weighted by molar-refractivity contribution is 5.25. The fourth-order valence-electron chi connectivity index (χ4n) is 3.64. The third kappa shape index (κ3) is 2.75. The van der Waals surface area contributed by atoms with E-state index in [1.54, 1.807) is 12.3 Å². The first-order chi connectivity index (χ1) is 10.1. The predicted molar refractivity (Wildman–Crippen MR) is 79.4 cm³/mol. The summed E-state index contributed by atoms with van der Waals surface area (Å²) in [4.78, 5) is 10.8. The van der Waals surface area contributed by atoms with Gasteiger partial charge in [0.15, 0.2) is 0 Å². The van der Waals surface area contributed by atoms with Crippen LogP contribution in [0, 0.1) is 5.41 Å². The molecule has 3 rings (SSSR count). The number of ether oxygens (including phenoxy) is 1. The van der Waals surface area contributed by atoms with Gasteiger partial charge < -0.3 is 15.6 Å². The summed E-state index contributed by atoms with van der Waals surface area (Å²) in [7, 11) is 0. The van der Waals surface area contributed by atoms with E-state index in [0.717, 1.165) is 51.3 Å². The molecule has 3 N–H and O–H groups in total. The van der Waals surface area contributed by atoms with Crippen LogP contribution in [0.1, 0.15) is 32.0 Å². The van der Waals surface area contributed by atoms with Crippen molar-refractivity contribution < 1.29 is 9.84 Å². The highest BCUT2D eigenvalue weighted by Gasteiger charge is 2.55. The molecule has 0 bridgehead atoms. The van der Waals surface area contributed by atoms with Crippen molar-refractivity contribution in [2.75, 3.05) is 25.4 Å². The van der Waals surface area contributed by atoms with Crippen LogP contribution in [0.5, 0.6) is 0 Å². The Balaban J connectivity index is 1.57. The molecule has 21 heavy (non-hydrogen) atoms. The Morgan fingerprint density at radius 3 is 2.86 bits per heavy atom. The number of aromatic nitrogens is 2. The Labute approximate surface area is 125 Å². The molecule has 1 spiro atoms. The maximum absolute atomic E-state index is 10.2. The largest absolute Gasteiger partial charge is 0.392 e. The molecule has 6 heteroatoms. The fraction of sp³-hybridized carbons (Fsp3) is 0.733. The third-order valence-corrected chi connectivity index (χ3v) is 4.99. The average molecular weight is 292 g/mol. The van der Waals surface area contributed by atoms with E-state index in [0.29, 0.717) is 5.82 Å². The van der Waals surface area contributed by atoms with Crippen LogP contribution in [0.25, 0.3) is 0 Å². The van der Waals surface area contributed by atoms with Gasteiger partial charge in [0.1, 0.15) is 11.6 Å². The lowest BCUT2D eigenvalue weighted by atomic mass is 9.58. The van der Waals surface area contributed by atoms with Crippen molar-refractivity contribution in [1.82, 2.24) is 14.9 Å². The van der Waals surface area contributed by atoms with Crippen LogP contribution >= 0.6 is 0 Å². The number of likely N-dealkylation sites (tertiary alicyclic amines) is 1. The molecular formula is C15H24N4O2. The molecule has 1 aromatic rings. The highest BCUT2D eigenvalue weighted by Crippen LogP contribution is 2.50. The number of nitrogen functional groups attached to an aromatic ring is 1. The molecule has 1 saturated heterocycles. The van der Waals surface area contributed by atoms with Crippen LogP contribution < -0.4 is 5.73 Å². The number of aliphatic hydroxyl groups is 1. The van der Waals surface area contributed by atoms with Crippen molar-refractivity contribution in [3.05, 3.63) is 18.1 Å².